The minimum absolute atomic E-state index is 0.0191. The topological polar surface area (TPSA) is 65.5 Å². The van der Waals surface area contributed by atoms with E-state index in [2.05, 4.69) is 47.2 Å². The van der Waals surface area contributed by atoms with Crippen LogP contribution in [0.1, 0.15) is 41.1 Å². The lowest BCUT2D eigenvalue weighted by molar-refractivity contribution is -0.127. The Labute approximate surface area is 161 Å². The van der Waals surface area contributed by atoms with Crippen LogP contribution in [0.4, 0.5) is 0 Å². The van der Waals surface area contributed by atoms with Crippen molar-refractivity contribution in [1.82, 2.24) is 15.2 Å². The third kappa shape index (κ3) is 4.93. The van der Waals surface area contributed by atoms with Crippen molar-refractivity contribution < 1.29 is 9.90 Å². The van der Waals surface area contributed by atoms with Crippen LogP contribution in [-0.4, -0.2) is 47.1 Å². The van der Waals surface area contributed by atoms with Crippen LogP contribution < -0.4 is 5.32 Å². The molecule has 0 saturated carbocycles. The third-order valence-corrected chi connectivity index (χ3v) is 5.54. The molecule has 1 aromatic heterocycles. The number of nitrogens with zero attached hydrogens (tertiary/aromatic N) is 2. The zero-order chi connectivity index (χ0) is 19.2. The zero-order valence-electron chi connectivity index (χ0n) is 16.2. The fourth-order valence-corrected chi connectivity index (χ4v) is 3.67. The predicted octanol–water partition coefficient (Wildman–Crippen LogP) is 2.61. The zero-order valence-corrected chi connectivity index (χ0v) is 16.2. The monoisotopic (exact) mass is 367 g/mol. The Kier molecular flexibility index (Phi) is 6.58. The summed E-state index contributed by atoms with van der Waals surface area (Å²) in [5.41, 5.74) is 4.53. The van der Waals surface area contributed by atoms with Crippen molar-refractivity contribution in [2.24, 2.45) is 5.92 Å². The molecule has 2 heterocycles. The number of carbonyl (C=O) groups is 1. The van der Waals surface area contributed by atoms with Gasteiger partial charge in [0.2, 0.25) is 5.91 Å². The number of hydrogen-bond donors (Lipinski definition) is 2. The summed E-state index contributed by atoms with van der Waals surface area (Å²) < 4.78 is 0. The lowest BCUT2D eigenvalue weighted by atomic mass is 9.93. The van der Waals surface area contributed by atoms with Crippen molar-refractivity contribution >= 4 is 5.91 Å². The van der Waals surface area contributed by atoms with E-state index in [4.69, 9.17) is 5.11 Å². The first-order valence-electron chi connectivity index (χ1n) is 9.69. The highest BCUT2D eigenvalue weighted by Crippen LogP contribution is 2.25. The lowest BCUT2D eigenvalue weighted by Crippen LogP contribution is -2.42. The second kappa shape index (κ2) is 9.11. The number of β-amino-alcohol motifs (C(OH)–C–C–N with tert-alkyl or cyclic N) is 1. The minimum atomic E-state index is -0.194. The normalized spacial score (nSPS) is 16.9. The summed E-state index contributed by atoms with van der Waals surface area (Å²) in [6, 6.07) is 10.1. The van der Waals surface area contributed by atoms with Crippen LogP contribution in [0.3, 0.4) is 0 Å². The average Bonchev–Trinajstić information content (AvgIpc) is 2.70. The number of pyridine rings is 1. The summed E-state index contributed by atoms with van der Waals surface area (Å²) >= 11 is 0. The molecule has 0 unspecified atom stereocenters. The lowest BCUT2D eigenvalue weighted by Gasteiger charge is -2.32. The maximum atomic E-state index is 13.0. The van der Waals surface area contributed by atoms with E-state index in [0.717, 1.165) is 37.1 Å². The number of aliphatic hydroxyl groups excluding tert-OH is 1. The smallest absolute Gasteiger partial charge is 0.223 e. The quantitative estimate of drug-likeness (QED) is 0.824. The van der Waals surface area contributed by atoms with Gasteiger partial charge in [-0.1, -0.05) is 24.3 Å². The number of rotatable bonds is 6. The fraction of sp³-hybridized carbons (Fsp3) is 0.455. The van der Waals surface area contributed by atoms with Gasteiger partial charge >= 0.3 is 0 Å². The summed E-state index contributed by atoms with van der Waals surface area (Å²) in [6.07, 6.45) is 5.24. The summed E-state index contributed by atoms with van der Waals surface area (Å²) in [6.45, 7) is 6.77. The third-order valence-electron chi connectivity index (χ3n) is 5.54. The highest BCUT2D eigenvalue weighted by molar-refractivity contribution is 5.79. The summed E-state index contributed by atoms with van der Waals surface area (Å²) in [5, 5.41) is 12.3. The van der Waals surface area contributed by atoms with E-state index < -0.39 is 0 Å². The maximum Gasteiger partial charge on any atom is 0.223 e. The molecule has 1 aromatic carbocycles. The predicted molar refractivity (Wildman–Crippen MR) is 106 cm³/mol. The molecule has 1 saturated heterocycles. The molecule has 1 aliphatic rings. The largest absolute Gasteiger partial charge is 0.395 e. The molecule has 0 aliphatic carbocycles. The summed E-state index contributed by atoms with van der Waals surface area (Å²) in [5.74, 6) is 0.122. The highest BCUT2D eigenvalue weighted by atomic mass is 16.3. The van der Waals surface area contributed by atoms with Crippen LogP contribution in [0.2, 0.25) is 0 Å². The van der Waals surface area contributed by atoms with Crippen molar-refractivity contribution in [2.75, 3.05) is 26.2 Å². The average molecular weight is 367 g/mol. The molecule has 1 fully saturated rings. The molecule has 0 bridgehead atoms. The molecule has 5 heteroatoms. The Morgan fingerprint density at radius 1 is 1.22 bits per heavy atom. The number of benzene rings is 1. The van der Waals surface area contributed by atoms with E-state index >= 15 is 0 Å². The van der Waals surface area contributed by atoms with Gasteiger partial charge in [0.1, 0.15) is 0 Å². The number of aryl methyl sites for hydroxylation is 2. The van der Waals surface area contributed by atoms with E-state index in [1.54, 1.807) is 6.20 Å². The van der Waals surface area contributed by atoms with Gasteiger partial charge in [-0.3, -0.25) is 9.78 Å². The Balaban J connectivity index is 1.76. The number of amides is 1. The number of nitrogens with one attached hydrogen (secondary N) is 1. The van der Waals surface area contributed by atoms with Crippen LogP contribution >= 0.6 is 0 Å². The highest BCUT2D eigenvalue weighted by Gasteiger charge is 2.27. The Bertz CT molecular complexity index is 755. The minimum Gasteiger partial charge on any atom is -0.395 e. The number of piperidine rings is 1. The van der Waals surface area contributed by atoms with Crippen molar-refractivity contribution in [3.63, 3.8) is 0 Å². The number of aliphatic hydroxyl groups is 1. The van der Waals surface area contributed by atoms with E-state index in [1.165, 1.54) is 11.1 Å². The van der Waals surface area contributed by atoms with Gasteiger partial charge in [-0.2, -0.15) is 0 Å². The number of hydrogen-bond acceptors (Lipinski definition) is 4. The number of aromatic nitrogens is 1. The van der Waals surface area contributed by atoms with Crippen LogP contribution in [0.15, 0.2) is 42.7 Å². The molecule has 5 nitrogen and oxygen atoms in total. The molecular weight excluding hydrogens is 338 g/mol. The molecule has 1 amide bonds. The second-order valence-corrected chi connectivity index (χ2v) is 7.41. The van der Waals surface area contributed by atoms with E-state index in [-0.39, 0.29) is 24.5 Å². The van der Waals surface area contributed by atoms with Crippen molar-refractivity contribution in [2.45, 2.75) is 32.7 Å². The Morgan fingerprint density at radius 2 is 2.00 bits per heavy atom. The first kappa shape index (κ1) is 19.5. The maximum absolute atomic E-state index is 13.0. The molecule has 1 aliphatic heterocycles. The van der Waals surface area contributed by atoms with Crippen molar-refractivity contribution in [1.29, 1.82) is 0 Å². The number of carbonyl (C=O) groups excluding carboxylic acids is 1. The van der Waals surface area contributed by atoms with Crippen molar-refractivity contribution in [3.05, 3.63) is 65.0 Å². The van der Waals surface area contributed by atoms with Crippen LogP contribution in [-0.2, 0) is 4.79 Å². The summed E-state index contributed by atoms with van der Waals surface area (Å²) in [7, 11) is 0. The van der Waals surface area contributed by atoms with Gasteiger partial charge in [0.15, 0.2) is 0 Å². The molecule has 2 aromatic rings. The fourth-order valence-electron chi connectivity index (χ4n) is 3.67. The molecule has 2 N–H and O–H groups in total. The van der Waals surface area contributed by atoms with Gasteiger partial charge in [0, 0.05) is 24.9 Å². The van der Waals surface area contributed by atoms with Crippen LogP contribution in [0.5, 0.6) is 0 Å². The molecule has 0 spiro atoms. The van der Waals surface area contributed by atoms with E-state index in [9.17, 15) is 4.79 Å². The standard InChI is InChI=1S/C22H29N3O2/c1-16-5-6-19(14-17(16)2)21(20-4-3-9-23-15-20)24-22(27)18-7-10-25(11-8-18)12-13-26/h3-6,9,14-15,18,21,26H,7-8,10-13H2,1-2H3,(H,24,27)/t21-/m1/s1. The Morgan fingerprint density at radius 3 is 2.63 bits per heavy atom. The Hall–Kier alpha value is -2.24. The molecule has 0 radical (unpaired) electrons. The molecule has 27 heavy (non-hydrogen) atoms. The SMILES string of the molecule is Cc1ccc([C@@H](NC(=O)C2CCN(CCO)CC2)c2cccnc2)cc1C. The van der Waals surface area contributed by atoms with Crippen LogP contribution in [0.25, 0.3) is 0 Å². The molecule has 3 rings (SSSR count). The van der Waals surface area contributed by atoms with E-state index in [0.29, 0.717) is 6.54 Å². The number of likely N-dealkylation sites (tertiary alicyclic amines) is 1. The van der Waals surface area contributed by atoms with Gasteiger partial charge in [-0.05, 0) is 68.1 Å². The van der Waals surface area contributed by atoms with Gasteiger partial charge in [0.25, 0.3) is 0 Å². The van der Waals surface area contributed by atoms with Gasteiger partial charge in [-0.25, -0.2) is 0 Å². The van der Waals surface area contributed by atoms with Gasteiger partial charge in [-0.15, -0.1) is 0 Å². The van der Waals surface area contributed by atoms with E-state index in [1.807, 2.05) is 18.3 Å². The van der Waals surface area contributed by atoms with Crippen LogP contribution in [0, 0.1) is 19.8 Å². The van der Waals surface area contributed by atoms with Crippen molar-refractivity contribution in [3.8, 4) is 0 Å². The van der Waals surface area contributed by atoms with Gasteiger partial charge in [0.05, 0.1) is 12.6 Å². The second-order valence-electron chi connectivity index (χ2n) is 7.41. The summed E-state index contributed by atoms with van der Waals surface area (Å²) in [4.78, 5) is 19.4. The first-order valence-corrected chi connectivity index (χ1v) is 9.69. The molecule has 144 valence electrons. The first-order chi connectivity index (χ1) is 13.1. The van der Waals surface area contributed by atoms with Gasteiger partial charge < -0.3 is 15.3 Å². The molecule has 1 atom stereocenters. The molecular formula is C22H29N3O2.